The van der Waals surface area contributed by atoms with Crippen LogP contribution in [0.3, 0.4) is 0 Å². The number of aromatic nitrogens is 3. The van der Waals surface area contributed by atoms with E-state index >= 15 is 0 Å². The van der Waals surface area contributed by atoms with E-state index in [4.69, 9.17) is 0 Å². The fraction of sp³-hybridized carbons (Fsp3) is 0.395. The van der Waals surface area contributed by atoms with Gasteiger partial charge < -0.3 is 19.3 Å². The van der Waals surface area contributed by atoms with Crippen LogP contribution in [0, 0.1) is 0 Å². The third-order valence-electron chi connectivity index (χ3n) is 11.6. The lowest BCUT2D eigenvalue weighted by Crippen LogP contribution is -2.52. The van der Waals surface area contributed by atoms with Gasteiger partial charge in [0.1, 0.15) is 6.04 Å². The molecule has 5 aromatic rings. The van der Waals surface area contributed by atoms with E-state index in [1.54, 1.807) is 4.90 Å². The van der Waals surface area contributed by atoms with E-state index in [0.29, 0.717) is 41.7 Å². The molecule has 3 fully saturated rings. The highest BCUT2D eigenvalue weighted by atomic mass is 79.9. The summed E-state index contributed by atoms with van der Waals surface area (Å²) in [4.78, 5) is 61.4. The van der Waals surface area contributed by atoms with Crippen molar-refractivity contribution in [2.45, 2.75) is 63.1 Å². The van der Waals surface area contributed by atoms with Crippen LogP contribution in [0.4, 0.5) is 5.69 Å². The molecule has 3 aromatic carbocycles. The van der Waals surface area contributed by atoms with Gasteiger partial charge in [0.15, 0.2) is 0 Å². The lowest BCUT2D eigenvalue weighted by molar-refractivity contribution is -0.136. The zero-order chi connectivity index (χ0) is 34.3. The summed E-state index contributed by atoms with van der Waals surface area (Å²) >= 11 is 3.54. The molecule has 4 aliphatic heterocycles. The van der Waals surface area contributed by atoms with Gasteiger partial charge in [-0.2, -0.15) is 4.98 Å². The lowest BCUT2D eigenvalue weighted by Gasteiger charge is -2.42. The topological polar surface area (TPSA) is 112 Å². The quantitative estimate of drug-likeness (QED) is 0.266. The Hall–Kier alpha value is -4.55. The third kappa shape index (κ3) is 5.06. The number of likely N-dealkylation sites (tertiary alicyclic amines) is 1. The molecule has 0 bridgehead atoms. The molecule has 1 N–H and O–H groups in total. The van der Waals surface area contributed by atoms with Gasteiger partial charge in [-0.1, -0.05) is 18.2 Å². The molecule has 0 spiro atoms. The molecule has 4 aliphatic rings. The minimum absolute atomic E-state index is 0.116. The SMILES string of the molecule is Cn1c2cc(N3CCC(N4CCC(c5ccc6c(c5)CN(C5CCC(=O)NC5=O)C6=O)CC4)CC3)ccc2n2c3cccc(Br)c3c(=O)nc12. The smallest absolute Gasteiger partial charge is 0.283 e. The Kier molecular flexibility index (Phi) is 7.58. The summed E-state index contributed by atoms with van der Waals surface area (Å²) < 4.78 is 4.85. The molecule has 6 heterocycles. The molecule has 11 nitrogen and oxygen atoms in total. The molecule has 3 saturated heterocycles. The van der Waals surface area contributed by atoms with Gasteiger partial charge in [-0.15, -0.1) is 0 Å². The molecule has 9 rings (SSSR count). The average molecular weight is 737 g/mol. The minimum Gasteiger partial charge on any atom is -0.371 e. The minimum atomic E-state index is -0.583. The van der Waals surface area contributed by atoms with Gasteiger partial charge in [0.05, 0.1) is 21.9 Å². The molecular formula is C38H38BrN7O4. The maximum atomic E-state index is 13.2. The predicted octanol–water partition coefficient (Wildman–Crippen LogP) is 4.71. The van der Waals surface area contributed by atoms with Crippen LogP contribution in [0.15, 0.2) is 63.9 Å². The summed E-state index contributed by atoms with van der Waals surface area (Å²) in [7, 11) is 1.98. The average Bonchev–Trinajstić information content (AvgIpc) is 3.60. The molecule has 50 heavy (non-hydrogen) atoms. The van der Waals surface area contributed by atoms with E-state index < -0.39 is 6.04 Å². The van der Waals surface area contributed by atoms with Crippen molar-refractivity contribution < 1.29 is 14.4 Å². The van der Waals surface area contributed by atoms with Crippen molar-refractivity contribution in [3.05, 3.63) is 86.1 Å². The van der Waals surface area contributed by atoms with Crippen molar-refractivity contribution in [2.24, 2.45) is 7.05 Å². The van der Waals surface area contributed by atoms with Crippen molar-refractivity contribution in [1.29, 1.82) is 0 Å². The van der Waals surface area contributed by atoms with Crippen molar-refractivity contribution in [1.82, 2.24) is 29.1 Å². The number of hydrogen-bond donors (Lipinski definition) is 1. The molecule has 3 amide bonds. The molecule has 0 radical (unpaired) electrons. The fourth-order valence-corrected chi connectivity index (χ4v) is 9.41. The van der Waals surface area contributed by atoms with Gasteiger partial charge in [0.2, 0.25) is 17.6 Å². The number of amides is 3. The Morgan fingerprint density at radius 2 is 1.64 bits per heavy atom. The fourth-order valence-electron chi connectivity index (χ4n) is 8.89. The Balaban J connectivity index is 0.845. The third-order valence-corrected chi connectivity index (χ3v) is 12.3. The maximum absolute atomic E-state index is 13.2. The van der Waals surface area contributed by atoms with Gasteiger partial charge in [-0.05, 0) is 115 Å². The summed E-state index contributed by atoms with van der Waals surface area (Å²) in [5.41, 5.74) is 6.83. The Bertz CT molecular complexity index is 2300. The number of imide groups is 1. The zero-order valence-electron chi connectivity index (χ0n) is 27.9. The molecule has 256 valence electrons. The Morgan fingerprint density at radius 3 is 2.42 bits per heavy atom. The molecule has 12 heteroatoms. The number of carbonyl (C=O) groups excluding carboxylic acids is 3. The number of aryl methyl sites for hydroxylation is 1. The normalized spacial score (nSPS) is 21.2. The first-order valence-corrected chi connectivity index (χ1v) is 18.4. The number of piperidine rings is 3. The first kappa shape index (κ1) is 31.4. The van der Waals surface area contributed by atoms with Crippen LogP contribution in [0.2, 0.25) is 0 Å². The first-order valence-electron chi connectivity index (χ1n) is 17.6. The van der Waals surface area contributed by atoms with Crippen LogP contribution < -0.4 is 15.8 Å². The van der Waals surface area contributed by atoms with Crippen molar-refractivity contribution in [2.75, 3.05) is 31.1 Å². The lowest BCUT2D eigenvalue weighted by atomic mass is 9.86. The molecule has 0 aliphatic carbocycles. The molecule has 0 saturated carbocycles. The van der Waals surface area contributed by atoms with Gasteiger partial charge in [-0.25, -0.2) is 0 Å². The molecule has 1 unspecified atom stereocenters. The number of nitrogens with one attached hydrogen (secondary N) is 1. The van der Waals surface area contributed by atoms with E-state index in [1.807, 2.05) is 35.9 Å². The van der Waals surface area contributed by atoms with Gasteiger partial charge in [0.25, 0.3) is 11.5 Å². The maximum Gasteiger partial charge on any atom is 0.283 e. The Morgan fingerprint density at radius 1 is 0.840 bits per heavy atom. The van der Waals surface area contributed by atoms with Crippen LogP contribution in [0.25, 0.3) is 27.7 Å². The number of nitrogens with zero attached hydrogens (tertiary/aromatic N) is 6. The van der Waals surface area contributed by atoms with Crippen molar-refractivity contribution in [3.8, 4) is 0 Å². The van der Waals surface area contributed by atoms with E-state index in [-0.39, 0.29) is 29.7 Å². The van der Waals surface area contributed by atoms with Gasteiger partial charge in [-0.3, -0.25) is 28.9 Å². The highest BCUT2D eigenvalue weighted by molar-refractivity contribution is 9.10. The monoisotopic (exact) mass is 735 g/mol. The second-order valence-corrected chi connectivity index (χ2v) is 15.1. The number of fused-ring (bicyclic) bond motifs is 6. The second-order valence-electron chi connectivity index (χ2n) is 14.3. The van der Waals surface area contributed by atoms with Crippen LogP contribution in [0.1, 0.15) is 65.9 Å². The van der Waals surface area contributed by atoms with E-state index in [2.05, 4.69) is 70.8 Å². The number of anilines is 1. The summed E-state index contributed by atoms with van der Waals surface area (Å²) in [5, 5.41) is 2.98. The van der Waals surface area contributed by atoms with Crippen LogP contribution in [0.5, 0.6) is 0 Å². The van der Waals surface area contributed by atoms with Crippen molar-refractivity contribution >= 4 is 67.1 Å². The predicted molar refractivity (Wildman–Crippen MR) is 194 cm³/mol. The number of rotatable bonds is 4. The number of halogens is 1. The first-order chi connectivity index (χ1) is 24.2. The van der Waals surface area contributed by atoms with Crippen molar-refractivity contribution in [3.63, 3.8) is 0 Å². The summed E-state index contributed by atoms with van der Waals surface area (Å²) in [6.07, 6.45) is 5.05. The van der Waals surface area contributed by atoms with E-state index in [9.17, 15) is 19.2 Å². The summed E-state index contributed by atoms with van der Waals surface area (Å²) in [5.74, 6) is 0.333. The number of hydrogen-bond acceptors (Lipinski definition) is 7. The highest BCUT2D eigenvalue weighted by Gasteiger charge is 2.39. The van der Waals surface area contributed by atoms with Gasteiger partial charge in [0, 0.05) is 54.9 Å². The van der Waals surface area contributed by atoms with Gasteiger partial charge >= 0.3 is 0 Å². The van der Waals surface area contributed by atoms with E-state index in [1.165, 1.54) is 11.3 Å². The number of benzene rings is 3. The van der Waals surface area contributed by atoms with Crippen LogP contribution in [-0.4, -0.2) is 79.7 Å². The largest absolute Gasteiger partial charge is 0.371 e. The second kappa shape index (κ2) is 12.1. The zero-order valence-corrected chi connectivity index (χ0v) is 29.5. The van der Waals surface area contributed by atoms with Crippen LogP contribution in [-0.2, 0) is 23.2 Å². The van der Waals surface area contributed by atoms with Crippen LogP contribution >= 0.6 is 15.9 Å². The number of carbonyl (C=O) groups is 3. The highest BCUT2D eigenvalue weighted by Crippen LogP contribution is 2.36. The summed E-state index contributed by atoms with van der Waals surface area (Å²) in [6.45, 7) is 4.53. The standard InChI is InChI=1S/C38H38BrN7O4/c1-42-32-20-26(6-8-29(32)46-30-4-2-3-28(39)34(30)36(49)41-38(42)46)44-17-13-25(14-18-44)43-15-11-22(12-16-43)23-5-7-27-24(19-23)21-45(37(27)50)31-9-10-33(47)40-35(31)48/h2-8,19-20,22,25,31H,9-18,21H2,1H3,(H,40,47,48). The molecule has 1 atom stereocenters. The summed E-state index contributed by atoms with van der Waals surface area (Å²) in [6, 6.07) is 18.6. The number of imidazole rings is 1. The molecule has 2 aromatic heterocycles. The van der Waals surface area contributed by atoms with E-state index in [0.717, 1.165) is 78.4 Å². The molecular weight excluding hydrogens is 698 g/mol. The Labute approximate surface area is 297 Å².